The molecule has 0 bridgehead atoms. The minimum atomic E-state index is -0.519. The van der Waals surface area contributed by atoms with Gasteiger partial charge >= 0.3 is 5.97 Å². The van der Waals surface area contributed by atoms with Crippen LogP contribution in [0.3, 0.4) is 0 Å². The fourth-order valence-electron chi connectivity index (χ4n) is 3.68. The van der Waals surface area contributed by atoms with E-state index in [0.29, 0.717) is 23.0 Å². The number of carbonyl (C=O) groups is 2. The van der Waals surface area contributed by atoms with Crippen LogP contribution in [0, 0.1) is 6.92 Å². The molecule has 0 atom stereocenters. The van der Waals surface area contributed by atoms with Crippen molar-refractivity contribution in [1.82, 2.24) is 0 Å². The number of carbonyl (C=O) groups excluding carboxylic acids is 6. The predicted octanol–water partition coefficient (Wildman–Crippen LogP) is 6.91. The summed E-state index contributed by atoms with van der Waals surface area (Å²) in [7, 11) is 1.27. The summed E-state index contributed by atoms with van der Waals surface area (Å²) in [6.45, 7) is 3.46. The third kappa shape index (κ3) is 14.8. The molecule has 1 aliphatic rings. The van der Waals surface area contributed by atoms with Crippen molar-refractivity contribution in [3.63, 3.8) is 0 Å². The minimum Gasteiger partial charge on any atom is -0.465 e. The fourth-order valence-corrected chi connectivity index (χ4v) is 3.68. The van der Waals surface area contributed by atoms with Crippen molar-refractivity contribution in [3.8, 4) is 0 Å². The smallest absolute Gasteiger partial charge is 0.340 e. The lowest BCUT2D eigenvalue weighted by atomic mass is 9.96. The summed E-state index contributed by atoms with van der Waals surface area (Å²) < 4.78 is 4.49. The van der Waals surface area contributed by atoms with Crippen LogP contribution in [0.2, 0.25) is 0 Å². The van der Waals surface area contributed by atoms with Crippen LogP contribution in [0.25, 0.3) is 0 Å². The van der Waals surface area contributed by atoms with Gasteiger partial charge in [0, 0.05) is 5.56 Å². The van der Waals surface area contributed by atoms with Crippen molar-refractivity contribution >= 4 is 53.1 Å². The maximum atomic E-state index is 11.1. The standard InChI is InChI=1S/C9H7NO3.C9H7NO2.C8H7NO.C7H11NO/c1-13-9(12)7-4-2-3-5-8(7)10-6-11;1-7(12)8-2-4-9(5-3-8)10-6-11;1-7-2-4-8(5-3-7)9-6-10;9-6-8-7-4-2-1-3-5-7/h2-5H,1H3;2-5H,1H3;2-5H,1H3;7H,1-5H2. The Bertz CT molecular complexity index is 1520. The zero-order chi connectivity index (χ0) is 32.6. The van der Waals surface area contributed by atoms with E-state index in [1.807, 2.05) is 19.1 Å². The lowest BCUT2D eigenvalue weighted by Crippen LogP contribution is -2.08. The summed E-state index contributed by atoms with van der Waals surface area (Å²) in [6.07, 6.45) is 11.8. The third-order valence-electron chi connectivity index (χ3n) is 5.94. The first kappa shape index (κ1) is 36.3. The molecule has 226 valence electrons. The molecule has 0 unspecified atom stereocenters. The second-order valence-corrected chi connectivity index (χ2v) is 9.07. The molecule has 0 aliphatic heterocycles. The van der Waals surface area contributed by atoms with E-state index >= 15 is 0 Å². The normalized spacial score (nSPS) is 11.2. The molecule has 11 heteroatoms. The van der Waals surface area contributed by atoms with Crippen molar-refractivity contribution in [1.29, 1.82) is 0 Å². The summed E-state index contributed by atoms with van der Waals surface area (Å²) in [4.78, 5) is 75.2. The Morgan fingerprint density at radius 2 is 1.23 bits per heavy atom. The molecule has 0 radical (unpaired) electrons. The van der Waals surface area contributed by atoms with E-state index in [4.69, 9.17) is 0 Å². The van der Waals surface area contributed by atoms with Crippen molar-refractivity contribution in [2.75, 3.05) is 7.11 Å². The molecule has 0 saturated heterocycles. The number of benzene rings is 3. The van der Waals surface area contributed by atoms with Crippen molar-refractivity contribution in [2.45, 2.75) is 52.0 Å². The highest BCUT2D eigenvalue weighted by atomic mass is 16.5. The van der Waals surface area contributed by atoms with Crippen molar-refractivity contribution in [3.05, 3.63) is 89.5 Å². The summed E-state index contributed by atoms with van der Waals surface area (Å²) >= 11 is 0. The van der Waals surface area contributed by atoms with Crippen molar-refractivity contribution in [2.24, 2.45) is 20.0 Å². The summed E-state index contributed by atoms with van der Waals surface area (Å²) in [5, 5.41) is 0. The van der Waals surface area contributed by atoms with Crippen LogP contribution in [-0.2, 0) is 23.9 Å². The highest BCUT2D eigenvalue weighted by Crippen LogP contribution is 2.20. The van der Waals surface area contributed by atoms with Gasteiger partial charge in [-0.2, -0.15) is 15.0 Å². The van der Waals surface area contributed by atoms with Gasteiger partial charge in [0.05, 0.1) is 35.8 Å². The number of methoxy groups -OCH3 is 1. The molecule has 0 aromatic heterocycles. The van der Waals surface area contributed by atoms with E-state index in [0.717, 1.165) is 18.4 Å². The number of hydrogen-bond donors (Lipinski definition) is 0. The Kier molecular flexibility index (Phi) is 18.2. The zero-order valence-electron chi connectivity index (χ0n) is 24.7. The van der Waals surface area contributed by atoms with Crippen LogP contribution in [0.5, 0.6) is 0 Å². The van der Waals surface area contributed by atoms with Crippen LogP contribution in [0.1, 0.15) is 65.3 Å². The van der Waals surface area contributed by atoms with E-state index in [9.17, 15) is 28.8 Å². The molecule has 44 heavy (non-hydrogen) atoms. The molecule has 1 aliphatic carbocycles. The number of Topliss-reactive ketones (excluding diaryl/α,β-unsaturated/α-hetero) is 1. The highest BCUT2D eigenvalue weighted by molar-refractivity contribution is 5.95. The number of para-hydroxylation sites is 1. The van der Waals surface area contributed by atoms with Gasteiger partial charge in [0.1, 0.15) is 0 Å². The highest BCUT2D eigenvalue weighted by Gasteiger charge is 2.11. The van der Waals surface area contributed by atoms with Gasteiger partial charge in [-0.05, 0) is 75.2 Å². The van der Waals surface area contributed by atoms with Gasteiger partial charge in [-0.25, -0.2) is 29.0 Å². The van der Waals surface area contributed by atoms with Crippen LogP contribution >= 0.6 is 0 Å². The molecular weight excluding hydrogens is 564 g/mol. The molecule has 0 spiro atoms. The molecule has 11 nitrogen and oxygen atoms in total. The largest absolute Gasteiger partial charge is 0.465 e. The second kappa shape index (κ2) is 22.0. The van der Waals surface area contributed by atoms with Crippen LogP contribution in [-0.4, -0.2) is 49.2 Å². The monoisotopic (exact) mass is 596 g/mol. The lowest BCUT2D eigenvalue weighted by molar-refractivity contribution is 0.0601. The van der Waals surface area contributed by atoms with E-state index < -0.39 is 5.97 Å². The van der Waals surface area contributed by atoms with E-state index in [1.165, 1.54) is 63.7 Å². The van der Waals surface area contributed by atoms with E-state index in [-0.39, 0.29) is 17.0 Å². The van der Waals surface area contributed by atoms with Gasteiger partial charge in [0.2, 0.25) is 24.3 Å². The fraction of sp³-hybridized carbons (Fsp3) is 0.273. The number of nitrogens with zero attached hydrogens (tertiary/aromatic N) is 4. The number of isocyanates is 4. The number of ether oxygens (including phenoxy) is 1. The van der Waals surface area contributed by atoms with E-state index in [1.54, 1.807) is 54.6 Å². The Balaban J connectivity index is 0.000000296. The quantitative estimate of drug-likeness (QED) is 0.129. The average molecular weight is 597 g/mol. The van der Waals surface area contributed by atoms with Crippen LogP contribution < -0.4 is 0 Å². The lowest BCUT2D eigenvalue weighted by Gasteiger charge is -2.14. The summed E-state index contributed by atoms with van der Waals surface area (Å²) in [5.41, 5.74) is 3.46. The topological polar surface area (TPSA) is 161 Å². The van der Waals surface area contributed by atoms with Gasteiger partial charge in [-0.1, -0.05) is 49.1 Å². The number of ketones is 1. The Labute approximate surface area is 255 Å². The van der Waals surface area contributed by atoms with Gasteiger partial charge in [0.15, 0.2) is 5.78 Å². The number of esters is 1. The molecule has 0 N–H and O–H groups in total. The molecule has 1 fully saturated rings. The third-order valence-corrected chi connectivity index (χ3v) is 5.94. The van der Waals surface area contributed by atoms with Gasteiger partial charge in [0.25, 0.3) is 0 Å². The Morgan fingerprint density at radius 1 is 0.705 bits per heavy atom. The first-order valence-corrected chi connectivity index (χ1v) is 13.4. The number of rotatable bonds is 6. The molecule has 1 saturated carbocycles. The molecule has 4 rings (SSSR count). The maximum Gasteiger partial charge on any atom is 0.340 e. The second-order valence-electron chi connectivity index (χ2n) is 9.07. The van der Waals surface area contributed by atoms with Crippen LogP contribution in [0.4, 0.5) is 17.1 Å². The summed E-state index contributed by atoms with van der Waals surface area (Å²) in [6, 6.07) is 20.5. The molecule has 3 aromatic rings. The molecule has 0 heterocycles. The van der Waals surface area contributed by atoms with E-state index in [2.05, 4.69) is 24.7 Å². The first-order valence-electron chi connectivity index (χ1n) is 13.4. The predicted molar refractivity (Wildman–Crippen MR) is 164 cm³/mol. The first-order chi connectivity index (χ1) is 21.3. The summed E-state index contributed by atoms with van der Waals surface area (Å²) in [5.74, 6) is -0.522. The SMILES string of the molecule is CC(=O)c1ccc(N=C=O)cc1.COC(=O)c1ccccc1N=C=O.Cc1ccc(N=C=O)cc1.O=C=NC1CCCCC1. The zero-order valence-corrected chi connectivity index (χ0v) is 24.7. The molecular formula is C33H32N4O7. The molecule has 3 aromatic carbocycles. The number of hydrogen-bond acceptors (Lipinski definition) is 11. The minimum absolute atomic E-state index is 0.00312. The molecule has 0 amide bonds. The Hall–Kier alpha value is -5.68. The number of aryl methyl sites for hydroxylation is 1. The number of aliphatic imine (C=N–C) groups is 4. The Morgan fingerprint density at radius 3 is 1.70 bits per heavy atom. The maximum absolute atomic E-state index is 11.1. The van der Waals surface area contributed by atoms with Gasteiger partial charge in [-0.3, -0.25) is 4.79 Å². The van der Waals surface area contributed by atoms with Crippen molar-refractivity contribution < 1.29 is 33.5 Å². The average Bonchev–Trinajstić information content (AvgIpc) is 3.04. The van der Waals surface area contributed by atoms with Gasteiger partial charge in [-0.15, -0.1) is 0 Å². The van der Waals surface area contributed by atoms with Gasteiger partial charge < -0.3 is 4.74 Å². The van der Waals surface area contributed by atoms with Crippen LogP contribution in [0.15, 0.2) is 92.8 Å².